The Morgan fingerprint density at radius 2 is 1.50 bits per heavy atom. The Morgan fingerprint density at radius 1 is 0.938 bits per heavy atom. The Bertz CT molecular complexity index is 1050. The third-order valence-electron chi connectivity index (χ3n) is 5.43. The number of carboxylic acid groups (broad SMARTS) is 1. The van der Waals surface area contributed by atoms with E-state index in [-0.39, 0.29) is 6.42 Å². The third-order valence-corrected chi connectivity index (χ3v) is 5.43. The zero-order chi connectivity index (χ0) is 23.3. The van der Waals surface area contributed by atoms with Crippen LogP contribution in [0.3, 0.4) is 0 Å². The molecular formula is C25H28N2O5. The Balaban J connectivity index is 1.74. The highest BCUT2D eigenvalue weighted by molar-refractivity contribution is 5.84. The number of carboxylic acids is 1. The molecule has 1 amide bonds. The number of aliphatic carboxylic acids is 1. The number of aliphatic hydroxyl groups excluding tert-OH is 1. The van der Waals surface area contributed by atoms with Gasteiger partial charge in [0.15, 0.2) is 0 Å². The predicted molar refractivity (Wildman–Crippen MR) is 122 cm³/mol. The fourth-order valence-corrected chi connectivity index (χ4v) is 3.46. The lowest BCUT2D eigenvalue weighted by molar-refractivity contribution is -0.143. The average Bonchev–Trinajstić information content (AvgIpc) is 3.25. The summed E-state index contributed by atoms with van der Waals surface area (Å²) in [5.74, 6) is -1.72. The van der Waals surface area contributed by atoms with E-state index in [4.69, 9.17) is 0 Å². The minimum absolute atomic E-state index is 0.330. The number of aliphatic hydroxyl groups is 2. The van der Waals surface area contributed by atoms with Crippen molar-refractivity contribution in [2.24, 2.45) is 0 Å². The van der Waals surface area contributed by atoms with E-state index in [1.54, 1.807) is 18.5 Å². The van der Waals surface area contributed by atoms with Gasteiger partial charge in [0, 0.05) is 12.4 Å². The number of carbonyl (C=O) groups excluding carboxylic acids is 1. The summed E-state index contributed by atoms with van der Waals surface area (Å²) in [6, 6.07) is 17.8. The van der Waals surface area contributed by atoms with E-state index in [1.165, 1.54) is 18.4 Å². The quantitative estimate of drug-likeness (QED) is 0.412. The molecule has 2 aromatic carbocycles. The van der Waals surface area contributed by atoms with E-state index in [0.717, 1.165) is 22.3 Å². The van der Waals surface area contributed by atoms with Crippen molar-refractivity contribution in [2.45, 2.75) is 38.0 Å². The van der Waals surface area contributed by atoms with Gasteiger partial charge >= 0.3 is 5.97 Å². The van der Waals surface area contributed by atoms with Crippen LogP contribution in [-0.4, -0.2) is 50.0 Å². The third kappa shape index (κ3) is 5.63. The highest BCUT2D eigenvalue weighted by atomic mass is 16.4. The van der Waals surface area contributed by atoms with Gasteiger partial charge in [0.05, 0.1) is 24.7 Å². The molecule has 7 nitrogen and oxygen atoms in total. The number of hydrogen-bond donors (Lipinski definition) is 4. The molecule has 0 bridgehead atoms. The fourth-order valence-electron chi connectivity index (χ4n) is 3.46. The van der Waals surface area contributed by atoms with E-state index in [0.29, 0.717) is 0 Å². The van der Waals surface area contributed by atoms with Crippen molar-refractivity contribution in [3.05, 3.63) is 73.1 Å². The van der Waals surface area contributed by atoms with Crippen LogP contribution in [0.2, 0.25) is 0 Å². The van der Waals surface area contributed by atoms with Crippen LogP contribution in [0.1, 0.15) is 26.3 Å². The van der Waals surface area contributed by atoms with Crippen molar-refractivity contribution in [1.29, 1.82) is 0 Å². The average molecular weight is 437 g/mol. The first kappa shape index (κ1) is 23.2. The maximum Gasteiger partial charge on any atom is 0.327 e. The maximum atomic E-state index is 12.4. The van der Waals surface area contributed by atoms with Gasteiger partial charge in [-0.15, -0.1) is 0 Å². The Hall–Kier alpha value is -3.42. The number of rotatable bonds is 9. The van der Waals surface area contributed by atoms with Crippen molar-refractivity contribution >= 4 is 11.9 Å². The number of amides is 1. The molecule has 1 heterocycles. The molecule has 168 valence electrons. The summed E-state index contributed by atoms with van der Waals surface area (Å²) in [6.07, 6.45) is 3.00. The number of hydrogen-bond acceptors (Lipinski definition) is 4. The Morgan fingerprint density at radius 3 is 2.03 bits per heavy atom. The zero-order valence-corrected chi connectivity index (χ0v) is 18.1. The standard InChI is InChI=1S/C25H28N2O5/c1-25(2,32)22(16-28)26-23(29)14-21(24(30)31)27-13-12-20(15-27)19-10-8-18(9-11-19)17-6-4-3-5-7-17/h3-13,15,21-22,28,32H,14,16H2,1-2H3,(H,26,29)(H,30,31)/t21-,22+/m1/s1. The van der Waals surface area contributed by atoms with Crippen LogP contribution in [0.4, 0.5) is 0 Å². The molecule has 1 aromatic heterocycles. The number of nitrogens with zero attached hydrogens (tertiary/aromatic N) is 1. The highest BCUT2D eigenvalue weighted by Crippen LogP contribution is 2.26. The predicted octanol–water partition coefficient (Wildman–Crippen LogP) is 3.09. The molecule has 3 aromatic rings. The van der Waals surface area contributed by atoms with Gasteiger partial charge in [0.25, 0.3) is 0 Å². The normalized spacial score (nSPS) is 13.4. The van der Waals surface area contributed by atoms with Crippen LogP contribution in [0.5, 0.6) is 0 Å². The molecule has 4 N–H and O–H groups in total. The van der Waals surface area contributed by atoms with E-state index < -0.39 is 36.2 Å². The second-order valence-corrected chi connectivity index (χ2v) is 8.31. The van der Waals surface area contributed by atoms with E-state index >= 15 is 0 Å². The molecule has 0 radical (unpaired) electrons. The summed E-state index contributed by atoms with van der Waals surface area (Å²) in [5, 5.41) is 31.6. The second kappa shape index (κ2) is 9.80. The summed E-state index contributed by atoms with van der Waals surface area (Å²) in [4.78, 5) is 24.2. The van der Waals surface area contributed by atoms with Gasteiger partial charge < -0.3 is 25.2 Å². The van der Waals surface area contributed by atoms with Crippen LogP contribution in [0.15, 0.2) is 73.1 Å². The van der Waals surface area contributed by atoms with Crippen LogP contribution in [0.25, 0.3) is 22.3 Å². The lowest BCUT2D eigenvalue weighted by atomic mass is 9.99. The van der Waals surface area contributed by atoms with Crippen LogP contribution in [-0.2, 0) is 9.59 Å². The molecular weight excluding hydrogens is 408 g/mol. The van der Waals surface area contributed by atoms with E-state index in [1.807, 2.05) is 54.6 Å². The van der Waals surface area contributed by atoms with Crippen molar-refractivity contribution < 1.29 is 24.9 Å². The first-order chi connectivity index (χ1) is 15.2. The van der Waals surface area contributed by atoms with Crippen molar-refractivity contribution in [2.75, 3.05) is 6.61 Å². The Kier molecular flexibility index (Phi) is 7.12. The molecule has 7 heteroatoms. The molecule has 2 atom stereocenters. The minimum atomic E-state index is -1.34. The number of aromatic nitrogens is 1. The van der Waals surface area contributed by atoms with Gasteiger partial charge in [-0.25, -0.2) is 4.79 Å². The summed E-state index contributed by atoms with van der Waals surface area (Å²) < 4.78 is 1.49. The highest BCUT2D eigenvalue weighted by Gasteiger charge is 2.30. The monoisotopic (exact) mass is 436 g/mol. The summed E-state index contributed by atoms with van der Waals surface area (Å²) in [6.45, 7) is 2.47. The summed E-state index contributed by atoms with van der Waals surface area (Å²) in [7, 11) is 0. The van der Waals surface area contributed by atoms with Crippen LogP contribution in [0, 0.1) is 0 Å². The molecule has 0 aliphatic rings. The molecule has 3 rings (SSSR count). The molecule has 0 unspecified atom stereocenters. The largest absolute Gasteiger partial charge is 0.480 e. The SMILES string of the molecule is CC(C)(O)[C@H](CO)NC(=O)C[C@H](C(=O)O)n1ccc(-c2ccc(-c3ccccc3)cc2)c1. The number of benzene rings is 2. The van der Waals surface area contributed by atoms with Gasteiger partial charge in [0.2, 0.25) is 5.91 Å². The van der Waals surface area contributed by atoms with Crippen LogP contribution >= 0.6 is 0 Å². The number of carbonyl (C=O) groups is 2. The van der Waals surface area contributed by atoms with Crippen LogP contribution < -0.4 is 5.32 Å². The minimum Gasteiger partial charge on any atom is -0.480 e. The smallest absolute Gasteiger partial charge is 0.327 e. The van der Waals surface area contributed by atoms with E-state index in [9.17, 15) is 24.9 Å². The molecule has 0 aliphatic carbocycles. The lowest BCUT2D eigenvalue weighted by Crippen LogP contribution is -2.51. The summed E-state index contributed by atoms with van der Waals surface area (Å²) >= 11 is 0. The lowest BCUT2D eigenvalue weighted by Gasteiger charge is -2.29. The number of nitrogens with one attached hydrogen (secondary N) is 1. The molecule has 0 spiro atoms. The van der Waals surface area contributed by atoms with Crippen molar-refractivity contribution in [1.82, 2.24) is 9.88 Å². The molecule has 0 fully saturated rings. The van der Waals surface area contributed by atoms with Gasteiger partial charge in [0.1, 0.15) is 6.04 Å². The van der Waals surface area contributed by atoms with Crippen molar-refractivity contribution in [3.63, 3.8) is 0 Å². The van der Waals surface area contributed by atoms with E-state index in [2.05, 4.69) is 5.32 Å². The van der Waals surface area contributed by atoms with Crippen molar-refractivity contribution in [3.8, 4) is 22.3 Å². The topological polar surface area (TPSA) is 112 Å². The molecule has 0 saturated carbocycles. The first-order valence-corrected chi connectivity index (χ1v) is 10.4. The molecule has 0 aliphatic heterocycles. The second-order valence-electron chi connectivity index (χ2n) is 8.31. The van der Waals surface area contributed by atoms with Gasteiger partial charge in [-0.3, -0.25) is 4.79 Å². The summed E-state index contributed by atoms with van der Waals surface area (Å²) in [5.41, 5.74) is 2.62. The van der Waals surface area contributed by atoms with Gasteiger partial charge in [-0.2, -0.15) is 0 Å². The molecule has 32 heavy (non-hydrogen) atoms. The first-order valence-electron chi connectivity index (χ1n) is 10.4. The molecule has 0 saturated heterocycles. The van der Waals surface area contributed by atoms with Gasteiger partial charge in [-0.1, -0.05) is 54.6 Å². The Labute approximate surface area is 187 Å². The maximum absolute atomic E-state index is 12.4. The zero-order valence-electron chi connectivity index (χ0n) is 18.1. The fraction of sp³-hybridized carbons (Fsp3) is 0.280. The van der Waals surface area contributed by atoms with Gasteiger partial charge in [-0.05, 0) is 42.2 Å².